The van der Waals surface area contributed by atoms with Gasteiger partial charge in [-0.05, 0) is 43.4 Å². The highest BCUT2D eigenvalue weighted by Crippen LogP contribution is 2.51. The number of rotatable bonds is 5. The van der Waals surface area contributed by atoms with Crippen LogP contribution in [0.5, 0.6) is 0 Å². The fraction of sp³-hybridized carbons (Fsp3) is 1.00. The van der Waals surface area contributed by atoms with Crippen molar-refractivity contribution in [2.45, 2.75) is 77.4 Å². The van der Waals surface area contributed by atoms with Crippen molar-refractivity contribution in [2.24, 2.45) is 11.3 Å². The largest absolute Gasteiger partial charge is 0.392 e. The Balaban J connectivity index is 1.72. The van der Waals surface area contributed by atoms with Crippen molar-refractivity contribution in [3.05, 3.63) is 0 Å². The van der Waals surface area contributed by atoms with Gasteiger partial charge in [-0.2, -0.15) is 0 Å². The fourth-order valence-electron chi connectivity index (χ4n) is 3.78. The molecular formula is C15H29NO. The molecule has 2 nitrogen and oxygen atoms in total. The SMILES string of the molecule is CC(C)CC(O)CNC1CCC12CCCCC2. The Hall–Kier alpha value is -0.0800. The summed E-state index contributed by atoms with van der Waals surface area (Å²) in [7, 11) is 0. The molecule has 2 unspecified atom stereocenters. The molecule has 2 fully saturated rings. The predicted octanol–water partition coefficient (Wildman–Crippen LogP) is 3.10. The molecule has 0 amide bonds. The first-order chi connectivity index (χ1) is 8.12. The second-order valence-corrected chi connectivity index (χ2v) is 6.71. The van der Waals surface area contributed by atoms with E-state index < -0.39 is 0 Å². The molecule has 0 aromatic rings. The van der Waals surface area contributed by atoms with Crippen LogP contribution in [0.1, 0.15) is 65.2 Å². The zero-order valence-electron chi connectivity index (χ0n) is 11.5. The minimum atomic E-state index is -0.156. The van der Waals surface area contributed by atoms with Gasteiger partial charge in [-0.15, -0.1) is 0 Å². The number of aliphatic hydroxyl groups is 1. The topological polar surface area (TPSA) is 32.3 Å². The summed E-state index contributed by atoms with van der Waals surface area (Å²) >= 11 is 0. The van der Waals surface area contributed by atoms with Crippen molar-refractivity contribution in [2.75, 3.05) is 6.54 Å². The van der Waals surface area contributed by atoms with Gasteiger partial charge in [0.05, 0.1) is 6.10 Å². The van der Waals surface area contributed by atoms with Crippen molar-refractivity contribution in [1.82, 2.24) is 5.32 Å². The lowest BCUT2D eigenvalue weighted by Crippen LogP contribution is -2.55. The molecule has 2 heteroatoms. The van der Waals surface area contributed by atoms with Gasteiger partial charge in [-0.25, -0.2) is 0 Å². The van der Waals surface area contributed by atoms with Crippen molar-refractivity contribution in [3.63, 3.8) is 0 Å². The molecule has 2 N–H and O–H groups in total. The van der Waals surface area contributed by atoms with Crippen LogP contribution in [-0.4, -0.2) is 23.8 Å². The quantitative estimate of drug-likeness (QED) is 0.772. The van der Waals surface area contributed by atoms with E-state index in [-0.39, 0.29) is 6.10 Å². The van der Waals surface area contributed by atoms with Crippen LogP contribution < -0.4 is 5.32 Å². The lowest BCUT2D eigenvalue weighted by molar-refractivity contribution is 0.0143. The summed E-state index contributed by atoms with van der Waals surface area (Å²) < 4.78 is 0. The van der Waals surface area contributed by atoms with E-state index in [4.69, 9.17) is 0 Å². The molecule has 0 bridgehead atoms. The van der Waals surface area contributed by atoms with E-state index in [1.807, 2.05) is 0 Å². The molecule has 2 rings (SSSR count). The third-order valence-electron chi connectivity index (χ3n) is 4.86. The Morgan fingerprint density at radius 3 is 2.41 bits per heavy atom. The average molecular weight is 239 g/mol. The molecule has 0 aliphatic heterocycles. The predicted molar refractivity (Wildman–Crippen MR) is 72.0 cm³/mol. The summed E-state index contributed by atoms with van der Waals surface area (Å²) in [4.78, 5) is 0. The number of aliphatic hydroxyl groups excluding tert-OH is 1. The van der Waals surface area contributed by atoms with Gasteiger partial charge in [0.2, 0.25) is 0 Å². The summed E-state index contributed by atoms with van der Waals surface area (Å²) in [6.45, 7) is 5.15. The maximum Gasteiger partial charge on any atom is 0.0667 e. The second-order valence-electron chi connectivity index (χ2n) is 6.71. The van der Waals surface area contributed by atoms with Gasteiger partial charge < -0.3 is 10.4 Å². The van der Waals surface area contributed by atoms with Gasteiger partial charge in [0.25, 0.3) is 0 Å². The smallest absolute Gasteiger partial charge is 0.0667 e. The molecule has 0 aromatic heterocycles. The molecule has 2 aliphatic carbocycles. The number of hydrogen-bond acceptors (Lipinski definition) is 2. The highest BCUT2D eigenvalue weighted by atomic mass is 16.3. The van der Waals surface area contributed by atoms with E-state index in [0.717, 1.165) is 13.0 Å². The Morgan fingerprint density at radius 2 is 1.88 bits per heavy atom. The molecule has 0 saturated heterocycles. The van der Waals surface area contributed by atoms with Gasteiger partial charge in [-0.1, -0.05) is 33.1 Å². The van der Waals surface area contributed by atoms with E-state index in [2.05, 4.69) is 19.2 Å². The third-order valence-corrected chi connectivity index (χ3v) is 4.86. The third kappa shape index (κ3) is 3.23. The number of hydrogen-bond donors (Lipinski definition) is 2. The highest BCUT2D eigenvalue weighted by Gasteiger charge is 2.46. The fourth-order valence-corrected chi connectivity index (χ4v) is 3.78. The summed E-state index contributed by atoms with van der Waals surface area (Å²) in [5.74, 6) is 0.594. The zero-order valence-corrected chi connectivity index (χ0v) is 11.5. The molecule has 0 heterocycles. The van der Waals surface area contributed by atoms with E-state index in [1.165, 1.54) is 44.9 Å². The van der Waals surface area contributed by atoms with Crippen molar-refractivity contribution in [1.29, 1.82) is 0 Å². The maximum absolute atomic E-state index is 9.91. The van der Waals surface area contributed by atoms with Crippen LogP contribution in [0.15, 0.2) is 0 Å². The van der Waals surface area contributed by atoms with Gasteiger partial charge in [0, 0.05) is 12.6 Å². The van der Waals surface area contributed by atoms with Crippen molar-refractivity contribution < 1.29 is 5.11 Å². The molecule has 100 valence electrons. The van der Waals surface area contributed by atoms with Gasteiger partial charge in [-0.3, -0.25) is 0 Å². The molecule has 0 radical (unpaired) electrons. The summed E-state index contributed by atoms with van der Waals surface area (Å²) in [5.41, 5.74) is 0.621. The molecule has 1 spiro atoms. The zero-order chi connectivity index (χ0) is 12.3. The van der Waals surface area contributed by atoms with Crippen LogP contribution in [0, 0.1) is 11.3 Å². The molecular weight excluding hydrogens is 210 g/mol. The Morgan fingerprint density at radius 1 is 1.18 bits per heavy atom. The average Bonchev–Trinajstić information content (AvgIpc) is 2.28. The number of nitrogens with one attached hydrogen (secondary N) is 1. The van der Waals surface area contributed by atoms with Gasteiger partial charge in [0.1, 0.15) is 0 Å². The Labute approximate surface area is 106 Å². The lowest BCUT2D eigenvalue weighted by Gasteiger charge is -2.53. The molecule has 0 aromatic carbocycles. The van der Waals surface area contributed by atoms with Crippen LogP contribution in [0.2, 0.25) is 0 Å². The Kier molecular flexibility index (Phi) is 4.48. The van der Waals surface area contributed by atoms with E-state index >= 15 is 0 Å². The summed E-state index contributed by atoms with van der Waals surface area (Å²) in [6.07, 6.45) is 10.6. The first-order valence-electron chi connectivity index (χ1n) is 7.54. The highest BCUT2D eigenvalue weighted by molar-refractivity contribution is 5.01. The summed E-state index contributed by atoms with van der Waals surface area (Å²) in [6, 6.07) is 0.699. The maximum atomic E-state index is 9.91. The van der Waals surface area contributed by atoms with Crippen LogP contribution >= 0.6 is 0 Å². The Bertz CT molecular complexity index is 233. The summed E-state index contributed by atoms with van der Waals surface area (Å²) in [5, 5.41) is 13.5. The van der Waals surface area contributed by atoms with Crippen LogP contribution in [0.3, 0.4) is 0 Å². The normalized spacial score (nSPS) is 29.3. The van der Waals surface area contributed by atoms with Crippen molar-refractivity contribution in [3.8, 4) is 0 Å². The van der Waals surface area contributed by atoms with Crippen LogP contribution in [0.4, 0.5) is 0 Å². The van der Waals surface area contributed by atoms with E-state index in [0.29, 0.717) is 17.4 Å². The van der Waals surface area contributed by atoms with Crippen LogP contribution in [0.25, 0.3) is 0 Å². The molecule has 2 aliphatic rings. The van der Waals surface area contributed by atoms with Crippen LogP contribution in [-0.2, 0) is 0 Å². The van der Waals surface area contributed by atoms with Crippen molar-refractivity contribution >= 4 is 0 Å². The standard InChI is InChI=1S/C15H29NO/c1-12(2)10-13(17)11-16-14-6-9-15(14)7-4-3-5-8-15/h12-14,16-17H,3-11H2,1-2H3. The molecule has 2 saturated carbocycles. The van der Waals surface area contributed by atoms with E-state index in [9.17, 15) is 5.11 Å². The van der Waals surface area contributed by atoms with Gasteiger partial charge >= 0.3 is 0 Å². The van der Waals surface area contributed by atoms with Gasteiger partial charge in [0.15, 0.2) is 0 Å². The first-order valence-corrected chi connectivity index (χ1v) is 7.54. The minimum absolute atomic E-state index is 0.156. The first kappa shape index (κ1) is 13.4. The monoisotopic (exact) mass is 239 g/mol. The minimum Gasteiger partial charge on any atom is -0.392 e. The molecule has 17 heavy (non-hydrogen) atoms. The second kappa shape index (κ2) is 5.71. The lowest BCUT2D eigenvalue weighted by atomic mass is 9.57. The van der Waals surface area contributed by atoms with E-state index in [1.54, 1.807) is 0 Å². The molecule has 2 atom stereocenters.